The number of nitrogens with one attached hydrogen (secondary N) is 2. The van der Waals surface area contributed by atoms with E-state index in [2.05, 4.69) is 20.6 Å². The van der Waals surface area contributed by atoms with Gasteiger partial charge in [0, 0.05) is 29.2 Å². The van der Waals surface area contributed by atoms with E-state index >= 15 is 0 Å². The minimum Gasteiger partial charge on any atom is -0.383 e. The van der Waals surface area contributed by atoms with Gasteiger partial charge in [-0.15, -0.1) is 0 Å². The zero-order chi connectivity index (χ0) is 23.4. The predicted molar refractivity (Wildman–Crippen MR) is 130 cm³/mol. The number of fused-ring (bicyclic) bond motifs is 1. The molecule has 0 saturated heterocycles. The van der Waals surface area contributed by atoms with E-state index in [1.165, 1.54) is 12.1 Å². The van der Waals surface area contributed by atoms with Crippen LogP contribution in [0.25, 0.3) is 10.9 Å². The van der Waals surface area contributed by atoms with Crippen LogP contribution in [0.15, 0.2) is 60.7 Å². The van der Waals surface area contributed by atoms with E-state index in [1.807, 2.05) is 42.5 Å². The van der Waals surface area contributed by atoms with Gasteiger partial charge in [0.05, 0.1) is 11.1 Å². The summed E-state index contributed by atoms with van der Waals surface area (Å²) in [5, 5.41) is 7.08. The SMILES string of the molecule is Nc1nc(N)c2cc(NCc3ccc(CCNC(=O)c4ccc(Cl)cc4F)cc3)ccc2n1. The zero-order valence-electron chi connectivity index (χ0n) is 17.6. The number of nitrogen functional groups attached to an aromatic ring is 2. The first-order valence-corrected chi connectivity index (χ1v) is 10.6. The topological polar surface area (TPSA) is 119 Å². The molecule has 0 unspecified atom stereocenters. The van der Waals surface area contributed by atoms with Crippen molar-refractivity contribution in [2.45, 2.75) is 13.0 Å². The second-order valence-corrected chi connectivity index (χ2v) is 7.94. The molecular formula is C24H22ClFN6O. The van der Waals surface area contributed by atoms with Crippen molar-refractivity contribution in [2.24, 2.45) is 0 Å². The van der Waals surface area contributed by atoms with Crippen molar-refractivity contribution >= 4 is 45.9 Å². The lowest BCUT2D eigenvalue weighted by atomic mass is 10.1. The monoisotopic (exact) mass is 464 g/mol. The van der Waals surface area contributed by atoms with Gasteiger partial charge in [0.2, 0.25) is 5.95 Å². The largest absolute Gasteiger partial charge is 0.383 e. The molecule has 0 atom stereocenters. The minimum atomic E-state index is -0.636. The molecule has 3 aromatic carbocycles. The molecular weight excluding hydrogens is 443 g/mol. The molecule has 0 aliphatic heterocycles. The molecule has 7 nitrogen and oxygen atoms in total. The summed E-state index contributed by atoms with van der Waals surface area (Å²) < 4.78 is 13.8. The Balaban J connectivity index is 1.29. The molecule has 6 N–H and O–H groups in total. The fraction of sp³-hybridized carbons (Fsp3) is 0.125. The Hall–Kier alpha value is -3.91. The van der Waals surface area contributed by atoms with Gasteiger partial charge in [-0.2, -0.15) is 4.98 Å². The van der Waals surface area contributed by atoms with Crippen LogP contribution in [-0.4, -0.2) is 22.4 Å². The number of aromatic nitrogens is 2. The Morgan fingerprint density at radius 2 is 1.73 bits per heavy atom. The smallest absolute Gasteiger partial charge is 0.254 e. The third-order valence-electron chi connectivity index (χ3n) is 5.14. The van der Waals surface area contributed by atoms with Crippen molar-refractivity contribution in [3.05, 3.63) is 88.2 Å². The van der Waals surface area contributed by atoms with Crippen LogP contribution in [0.5, 0.6) is 0 Å². The lowest BCUT2D eigenvalue weighted by molar-refractivity contribution is 0.0950. The number of benzene rings is 3. The molecule has 168 valence electrons. The zero-order valence-corrected chi connectivity index (χ0v) is 18.4. The Bertz CT molecular complexity index is 1310. The molecule has 0 radical (unpaired) electrons. The molecule has 0 fully saturated rings. The van der Waals surface area contributed by atoms with Crippen LogP contribution < -0.4 is 22.1 Å². The average Bonchev–Trinajstić information content (AvgIpc) is 2.78. The molecule has 1 aromatic heterocycles. The number of halogens is 2. The Kier molecular flexibility index (Phi) is 6.55. The molecule has 0 aliphatic carbocycles. The normalized spacial score (nSPS) is 10.8. The van der Waals surface area contributed by atoms with Crippen LogP contribution in [0.1, 0.15) is 21.5 Å². The highest BCUT2D eigenvalue weighted by atomic mass is 35.5. The number of anilines is 3. The highest BCUT2D eigenvalue weighted by molar-refractivity contribution is 6.30. The van der Waals surface area contributed by atoms with E-state index < -0.39 is 11.7 Å². The van der Waals surface area contributed by atoms with Crippen molar-refractivity contribution in [1.29, 1.82) is 0 Å². The molecule has 4 rings (SSSR count). The van der Waals surface area contributed by atoms with E-state index in [4.69, 9.17) is 23.1 Å². The van der Waals surface area contributed by atoms with Crippen LogP contribution in [0.4, 0.5) is 21.8 Å². The second kappa shape index (κ2) is 9.70. The molecule has 9 heteroatoms. The highest BCUT2D eigenvalue weighted by Gasteiger charge is 2.11. The molecule has 0 bridgehead atoms. The van der Waals surface area contributed by atoms with Gasteiger partial charge in [-0.25, -0.2) is 9.37 Å². The first-order valence-electron chi connectivity index (χ1n) is 10.3. The second-order valence-electron chi connectivity index (χ2n) is 7.50. The maximum Gasteiger partial charge on any atom is 0.254 e. The Morgan fingerprint density at radius 1 is 0.970 bits per heavy atom. The molecule has 0 aliphatic rings. The standard InChI is InChI=1S/C24H22ClFN6O/c25-16-5-7-18(20(26)11-16)23(33)29-10-9-14-1-3-15(4-2-14)13-30-17-6-8-21-19(12-17)22(27)32-24(28)31-21/h1-8,11-12,30H,9-10,13H2,(H,29,33)(H4,27,28,31,32). The number of hydrogen-bond acceptors (Lipinski definition) is 6. The van der Waals surface area contributed by atoms with E-state index in [1.54, 1.807) is 0 Å². The van der Waals surface area contributed by atoms with Gasteiger partial charge in [-0.3, -0.25) is 4.79 Å². The number of carbonyl (C=O) groups excluding carboxylic acids is 1. The number of amides is 1. The Labute approximate surface area is 195 Å². The third-order valence-corrected chi connectivity index (χ3v) is 5.37. The maximum atomic E-state index is 13.8. The maximum absolute atomic E-state index is 13.8. The molecule has 4 aromatic rings. The number of hydrogen-bond donors (Lipinski definition) is 4. The van der Waals surface area contributed by atoms with Crippen molar-refractivity contribution in [2.75, 3.05) is 23.3 Å². The lowest BCUT2D eigenvalue weighted by Crippen LogP contribution is -2.26. The van der Waals surface area contributed by atoms with Crippen molar-refractivity contribution in [3.8, 4) is 0 Å². The summed E-state index contributed by atoms with van der Waals surface area (Å²) >= 11 is 5.72. The molecule has 33 heavy (non-hydrogen) atoms. The summed E-state index contributed by atoms with van der Waals surface area (Å²) in [4.78, 5) is 20.3. The van der Waals surface area contributed by atoms with Gasteiger partial charge in [-0.05, 0) is 53.9 Å². The predicted octanol–water partition coefficient (Wildman–Crippen LogP) is 4.17. The first-order chi connectivity index (χ1) is 15.9. The van der Waals surface area contributed by atoms with Crippen LogP contribution in [0, 0.1) is 5.82 Å². The van der Waals surface area contributed by atoms with Gasteiger partial charge in [0.1, 0.15) is 11.6 Å². The van der Waals surface area contributed by atoms with E-state index in [0.29, 0.717) is 30.8 Å². The molecule has 0 spiro atoms. The highest BCUT2D eigenvalue weighted by Crippen LogP contribution is 2.23. The first kappa shape index (κ1) is 22.3. The fourth-order valence-electron chi connectivity index (χ4n) is 3.40. The van der Waals surface area contributed by atoms with Gasteiger partial charge >= 0.3 is 0 Å². The summed E-state index contributed by atoms with van der Waals surface area (Å²) in [6, 6.07) is 17.7. The Morgan fingerprint density at radius 3 is 2.48 bits per heavy atom. The van der Waals surface area contributed by atoms with Gasteiger partial charge in [0.25, 0.3) is 5.91 Å². The van der Waals surface area contributed by atoms with E-state index in [9.17, 15) is 9.18 Å². The quantitative estimate of drug-likeness (QED) is 0.326. The van der Waals surface area contributed by atoms with Crippen LogP contribution in [0.2, 0.25) is 5.02 Å². The third kappa shape index (κ3) is 5.48. The van der Waals surface area contributed by atoms with Crippen LogP contribution in [0.3, 0.4) is 0 Å². The molecule has 1 amide bonds. The van der Waals surface area contributed by atoms with Gasteiger partial charge < -0.3 is 22.1 Å². The van der Waals surface area contributed by atoms with Crippen molar-refractivity contribution in [1.82, 2.24) is 15.3 Å². The molecule has 0 saturated carbocycles. The fourth-order valence-corrected chi connectivity index (χ4v) is 3.56. The summed E-state index contributed by atoms with van der Waals surface area (Å²) in [5.41, 5.74) is 15.3. The summed E-state index contributed by atoms with van der Waals surface area (Å²) in [5.74, 6) is -0.606. The average molecular weight is 465 g/mol. The number of rotatable bonds is 7. The van der Waals surface area contributed by atoms with E-state index in [0.717, 1.165) is 28.3 Å². The van der Waals surface area contributed by atoms with Gasteiger partial charge in [0.15, 0.2) is 0 Å². The lowest BCUT2D eigenvalue weighted by Gasteiger charge is -2.10. The number of nitrogens with two attached hydrogens (primary N) is 2. The number of carbonyl (C=O) groups is 1. The summed E-state index contributed by atoms with van der Waals surface area (Å²) in [6.07, 6.45) is 0.627. The van der Waals surface area contributed by atoms with Gasteiger partial charge in [-0.1, -0.05) is 35.9 Å². The molecule has 1 heterocycles. The van der Waals surface area contributed by atoms with Crippen LogP contribution >= 0.6 is 11.6 Å². The number of nitrogens with zero attached hydrogens (tertiary/aromatic N) is 2. The summed E-state index contributed by atoms with van der Waals surface area (Å²) in [7, 11) is 0. The summed E-state index contributed by atoms with van der Waals surface area (Å²) in [6.45, 7) is 1.01. The van der Waals surface area contributed by atoms with E-state index in [-0.39, 0.29) is 16.5 Å². The minimum absolute atomic E-state index is 0.0219. The van der Waals surface area contributed by atoms with Crippen molar-refractivity contribution < 1.29 is 9.18 Å². The van der Waals surface area contributed by atoms with Crippen molar-refractivity contribution in [3.63, 3.8) is 0 Å². The van der Waals surface area contributed by atoms with Crippen LogP contribution in [-0.2, 0) is 13.0 Å².